The lowest BCUT2D eigenvalue weighted by Gasteiger charge is -2.19. The van der Waals surface area contributed by atoms with Crippen molar-refractivity contribution in [2.75, 3.05) is 5.32 Å². The van der Waals surface area contributed by atoms with Gasteiger partial charge in [-0.3, -0.25) is 19.7 Å². The molecule has 6 N–H and O–H groups in total. The van der Waals surface area contributed by atoms with Crippen molar-refractivity contribution in [3.05, 3.63) is 65.2 Å². The van der Waals surface area contributed by atoms with Gasteiger partial charge in [-0.25, -0.2) is 0 Å². The Labute approximate surface area is 181 Å². The molecule has 2 aromatic carbocycles. The smallest absolute Gasteiger partial charge is 0.257 e. The van der Waals surface area contributed by atoms with Gasteiger partial charge in [0.2, 0.25) is 11.8 Å². The summed E-state index contributed by atoms with van der Waals surface area (Å²) in [4.78, 5) is 35.1. The van der Waals surface area contributed by atoms with Gasteiger partial charge >= 0.3 is 0 Å². The molecule has 1 unspecified atom stereocenters. The molecule has 1 atom stereocenters. The van der Waals surface area contributed by atoms with Crippen LogP contribution in [0.15, 0.2) is 48.5 Å². The Hall–Kier alpha value is -3.26. The van der Waals surface area contributed by atoms with Crippen molar-refractivity contribution in [2.24, 2.45) is 11.5 Å². The number of hydrogen-bond donors (Lipinski definition) is 4. The minimum Gasteiger partial charge on any atom is -0.370 e. The lowest BCUT2D eigenvalue weighted by Crippen LogP contribution is -2.34. The summed E-state index contributed by atoms with van der Waals surface area (Å²) in [5.74, 6) is -2.35. The molecule has 158 valence electrons. The first-order valence-electron chi connectivity index (χ1n) is 9.38. The second-order valence-corrected chi connectivity index (χ2v) is 8.39. The minimum absolute atomic E-state index is 0.00296. The monoisotopic (exact) mass is 426 g/mol. The van der Waals surface area contributed by atoms with Crippen LogP contribution in [0.25, 0.3) is 0 Å². The van der Waals surface area contributed by atoms with Gasteiger partial charge in [-0.05, 0) is 53.0 Å². The number of anilines is 1. The molecule has 0 fully saturated rings. The number of carbonyl (C=O) groups is 3. The van der Waals surface area contributed by atoms with E-state index < -0.39 is 17.7 Å². The van der Waals surface area contributed by atoms with Crippen LogP contribution in [0.2, 0.25) is 0 Å². The van der Waals surface area contributed by atoms with Crippen LogP contribution in [0.3, 0.4) is 0 Å². The van der Waals surface area contributed by atoms with Gasteiger partial charge < -0.3 is 16.8 Å². The van der Waals surface area contributed by atoms with Crippen molar-refractivity contribution in [2.45, 2.75) is 38.5 Å². The quantitative estimate of drug-likeness (QED) is 0.528. The summed E-state index contributed by atoms with van der Waals surface area (Å²) in [5, 5.41) is 5.67. The summed E-state index contributed by atoms with van der Waals surface area (Å²) in [5.41, 5.74) is 13.3. The van der Waals surface area contributed by atoms with E-state index in [-0.39, 0.29) is 22.9 Å². The predicted molar refractivity (Wildman–Crippen MR) is 121 cm³/mol. The number of primary amides is 2. The number of amides is 3. The van der Waals surface area contributed by atoms with Crippen molar-refractivity contribution < 1.29 is 14.4 Å². The molecule has 0 aliphatic heterocycles. The van der Waals surface area contributed by atoms with E-state index in [0.29, 0.717) is 16.8 Å². The largest absolute Gasteiger partial charge is 0.370 e. The van der Waals surface area contributed by atoms with Crippen LogP contribution in [0.4, 0.5) is 5.69 Å². The third-order valence-corrected chi connectivity index (χ3v) is 4.76. The van der Waals surface area contributed by atoms with Crippen LogP contribution in [-0.4, -0.2) is 22.8 Å². The SMILES string of the molecule is CC(C)(C)c1ccc(C(=O)NC(=S)Nc2ccc(C(CC(N)=O)C(N)=O)cc2)cc1. The molecule has 0 aliphatic carbocycles. The maximum atomic E-state index is 12.4. The number of benzene rings is 2. The van der Waals surface area contributed by atoms with Crippen LogP contribution < -0.4 is 22.1 Å². The highest BCUT2D eigenvalue weighted by Gasteiger charge is 2.20. The van der Waals surface area contributed by atoms with E-state index in [9.17, 15) is 14.4 Å². The molecule has 0 spiro atoms. The molecule has 30 heavy (non-hydrogen) atoms. The van der Waals surface area contributed by atoms with Gasteiger partial charge in [-0.1, -0.05) is 45.0 Å². The third-order valence-electron chi connectivity index (χ3n) is 4.56. The molecule has 0 heterocycles. The standard InChI is InChI=1S/C22H26N4O3S/c1-22(2,3)15-8-4-14(5-9-15)20(29)26-21(30)25-16-10-6-13(7-11-16)17(19(24)28)12-18(23)27/h4-11,17H,12H2,1-3H3,(H2,23,27)(H2,24,28)(H2,25,26,29,30). The van der Waals surface area contributed by atoms with Crippen LogP contribution in [0.1, 0.15) is 54.6 Å². The van der Waals surface area contributed by atoms with Crippen molar-refractivity contribution in [1.29, 1.82) is 0 Å². The molecule has 0 aliphatic rings. The molecule has 2 aromatic rings. The predicted octanol–water partition coefficient (Wildman–Crippen LogP) is 2.56. The van der Waals surface area contributed by atoms with E-state index in [1.807, 2.05) is 12.1 Å². The highest BCUT2D eigenvalue weighted by atomic mass is 32.1. The van der Waals surface area contributed by atoms with Gasteiger partial charge in [0.1, 0.15) is 0 Å². The number of rotatable bonds is 6. The Kier molecular flexibility index (Phi) is 7.28. The van der Waals surface area contributed by atoms with Crippen LogP contribution >= 0.6 is 12.2 Å². The van der Waals surface area contributed by atoms with Crippen molar-refractivity contribution in [3.8, 4) is 0 Å². The average molecular weight is 427 g/mol. The normalized spacial score (nSPS) is 12.0. The van der Waals surface area contributed by atoms with Gasteiger partial charge in [0.15, 0.2) is 5.11 Å². The van der Waals surface area contributed by atoms with E-state index >= 15 is 0 Å². The molecule has 0 aromatic heterocycles. The van der Waals surface area contributed by atoms with Crippen LogP contribution in [0, 0.1) is 0 Å². The zero-order valence-electron chi connectivity index (χ0n) is 17.2. The van der Waals surface area contributed by atoms with Gasteiger partial charge in [0.25, 0.3) is 5.91 Å². The fourth-order valence-electron chi connectivity index (χ4n) is 2.84. The molecular formula is C22H26N4O3S. The highest BCUT2D eigenvalue weighted by molar-refractivity contribution is 7.80. The first-order chi connectivity index (χ1) is 14.0. The summed E-state index contributed by atoms with van der Waals surface area (Å²) in [6.45, 7) is 6.31. The Morgan fingerprint density at radius 2 is 1.53 bits per heavy atom. The van der Waals surface area contributed by atoms with Crippen LogP contribution in [-0.2, 0) is 15.0 Å². The number of hydrogen-bond acceptors (Lipinski definition) is 4. The molecule has 0 bridgehead atoms. The van der Waals surface area contributed by atoms with Crippen molar-refractivity contribution in [1.82, 2.24) is 5.32 Å². The Balaban J connectivity index is 2.00. The number of carbonyl (C=O) groups excluding carboxylic acids is 3. The maximum absolute atomic E-state index is 12.4. The zero-order valence-corrected chi connectivity index (χ0v) is 18.0. The third kappa shape index (κ3) is 6.38. The summed E-state index contributed by atoms with van der Waals surface area (Å²) in [6, 6.07) is 14.0. The molecule has 2 rings (SSSR count). The van der Waals surface area contributed by atoms with Crippen molar-refractivity contribution in [3.63, 3.8) is 0 Å². The second-order valence-electron chi connectivity index (χ2n) is 7.98. The topological polar surface area (TPSA) is 127 Å². The number of nitrogens with one attached hydrogen (secondary N) is 2. The summed E-state index contributed by atoms with van der Waals surface area (Å²) in [6.07, 6.45) is -0.162. The molecule has 0 saturated carbocycles. The van der Waals surface area contributed by atoms with E-state index in [1.165, 1.54) is 0 Å². The van der Waals surface area contributed by atoms with Crippen molar-refractivity contribution >= 4 is 40.7 Å². The number of nitrogens with two attached hydrogens (primary N) is 2. The van der Waals surface area contributed by atoms with E-state index in [4.69, 9.17) is 23.7 Å². The fourth-order valence-corrected chi connectivity index (χ4v) is 3.05. The van der Waals surface area contributed by atoms with Gasteiger partial charge in [0.05, 0.1) is 5.92 Å². The Bertz CT molecular complexity index is 948. The fraction of sp³-hybridized carbons (Fsp3) is 0.273. The van der Waals surface area contributed by atoms with E-state index in [2.05, 4.69) is 31.4 Å². The van der Waals surface area contributed by atoms with Gasteiger partial charge in [0, 0.05) is 17.7 Å². The van der Waals surface area contributed by atoms with E-state index in [1.54, 1.807) is 36.4 Å². The molecule has 7 nitrogen and oxygen atoms in total. The Morgan fingerprint density at radius 1 is 0.967 bits per heavy atom. The number of thiocarbonyl (C=S) groups is 1. The maximum Gasteiger partial charge on any atom is 0.257 e. The second kappa shape index (κ2) is 9.49. The molecule has 0 saturated heterocycles. The zero-order chi connectivity index (χ0) is 22.5. The van der Waals surface area contributed by atoms with Gasteiger partial charge in [-0.2, -0.15) is 0 Å². The average Bonchev–Trinajstić information content (AvgIpc) is 2.66. The molecular weight excluding hydrogens is 400 g/mol. The van der Waals surface area contributed by atoms with E-state index in [0.717, 1.165) is 5.56 Å². The Morgan fingerprint density at radius 3 is 2.00 bits per heavy atom. The van der Waals surface area contributed by atoms with Gasteiger partial charge in [-0.15, -0.1) is 0 Å². The molecule has 0 radical (unpaired) electrons. The lowest BCUT2D eigenvalue weighted by atomic mass is 9.87. The van der Waals surface area contributed by atoms with Crippen LogP contribution in [0.5, 0.6) is 0 Å². The molecule has 8 heteroatoms. The first-order valence-corrected chi connectivity index (χ1v) is 9.78. The minimum atomic E-state index is -0.792. The summed E-state index contributed by atoms with van der Waals surface area (Å²) >= 11 is 5.20. The lowest BCUT2D eigenvalue weighted by molar-refractivity contribution is -0.124. The first kappa shape index (κ1) is 23.0. The summed E-state index contributed by atoms with van der Waals surface area (Å²) in [7, 11) is 0. The summed E-state index contributed by atoms with van der Waals surface area (Å²) < 4.78 is 0. The molecule has 3 amide bonds. The highest BCUT2D eigenvalue weighted by Crippen LogP contribution is 2.23.